The summed E-state index contributed by atoms with van der Waals surface area (Å²) in [6.45, 7) is -0.943. The molecule has 0 aliphatic heterocycles. The van der Waals surface area contributed by atoms with E-state index in [1.807, 2.05) is 4.72 Å². The van der Waals surface area contributed by atoms with Crippen LogP contribution in [-0.2, 0) is 10.2 Å². The molecule has 80 valence electrons. The summed E-state index contributed by atoms with van der Waals surface area (Å²) in [6.07, 6.45) is -2.70. The highest BCUT2D eigenvalue weighted by Gasteiger charge is 2.22. The molecule has 0 aromatic carbocycles. The van der Waals surface area contributed by atoms with Gasteiger partial charge in [0.25, 0.3) is 16.6 Å². The Morgan fingerprint density at radius 3 is 2.38 bits per heavy atom. The second-order valence-corrected chi connectivity index (χ2v) is 4.12. The van der Waals surface area contributed by atoms with E-state index in [0.717, 1.165) is 7.05 Å². The van der Waals surface area contributed by atoms with Crippen molar-refractivity contribution < 1.29 is 17.2 Å². The molecule has 8 heteroatoms. The van der Waals surface area contributed by atoms with E-state index in [-0.39, 0.29) is 13.1 Å². The lowest BCUT2D eigenvalue weighted by Crippen LogP contribution is -2.43. The molecule has 5 nitrogen and oxygen atoms in total. The number of rotatable bonds is 6. The number of hydrogen-bond acceptors (Lipinski definition) is 3. The first kappa shape index (κ1) is 12.7. The van der Waals surface area contributed by atoms with Gasteiger partial charge in [-0.25, -0.2) is 13.5 Å². The lowest BCUT2D eigenvalue weighted by atomic mass is 10.6. The van der Waals surface area contributed by atoms with Crippen molar-refractivity contribution in [2.75, 3.05) is 26.7 Å². The monoisotopic (exact) mass is 217 g/mol. The maximum absolute atomic E-state index is 11.9. The summed E-state index contributed by atoms with van der Waals surface area (Å²) >= 11 is 0. The van der Waals surface area contributed by atoms with Gasteiger partial charge in [-0.3, -0.25) is 0 Å². The van der Waals surface area contributed by atoms with E-state index >= 15 is 0 Å². The summed E-state index contributed by atoms with van der Waals surface area (Å²) in [4.78, 5) is 0. The molecule has 0 amide bonds. The van der Waals surface area contributed by atoms with E-state index in [9.17, 15) is 17.2 Å². The Kier molecular flexibility index (Phi) is 5.30. The van der Waals surface area contributed by atoms with Crippen LogP contribution in [0.15, 0.2) is 0 Å². The maximum atomic E-state index is 11.9. The number of nitrogens with one attached hydrogen (secondary N) is 1. The van der Waals surface area contributed by atoms with Crippen molar-refractivity contribution >= 4 is 10.2 Å². The minimum absolute atomic E-state index is 0.00757. The van der Waals surface area contributed by atoms with Crippen molar-refractivity contribution in [2.45, 2.75) is 6.43 Å². The molecule has 0 aromatic heterocycles. The summed E-state index contributed by atoms with van der Waals surface area (Å²) in [7, 11) is -2.64. The summed E-state index contributed by atoms with van der Waals surface area (Å²) < 4.78 is 48.5. The predicted octanol–water partition coefficient (Wildman–Crippen LogP) is -1.02. The summed E-state index contributed by atoms with van der Waals surface area (Å²) in [5.41, 5.74) is 5.08. The van der Waals surface area contributed by atoms with Gasteiger partial charge in [0.05, 0.1) is 6.54 Å². The van der Waals surface area contributed by atoms with Gasteiger partial charge in [0.15, 0.2) is 0 Å². The minimum atomic E-state index is -3.79. The Balaban J connectivity index is 4.41. The van der Waals surface area contributed by atoms with E-state index in [2.05, 4.69) is 0 Å². The number of nitrogens with zero attached hydrogens (tertiary/aromatic N) is 1. The molecule has 0 atom stereocenters. The molecule has 13 heavy (non-hydrogen) atoms. The fraction of sp³-hybridized carbons (Fsp3) is 1.00. The summed E-state index contributed by atoms with van der Waals surface area (Å²) in [5.74, 6) is 0. The second-order valence-electron chi connectivity index (χ2n) is 2.25. The van der Waals surface area contributed by atoms with Gasteiger partial charge >= 0.3 is 0 Å². The molecule has 0 bridgehead atoms. The lowest BCUT2D eigenvalue weighted by molar-refractivity contribution is 0.120. The normalized spacial score (nSPS) is 12.8. The van der Waals surface area contributed by atoms with Gasteiger partial charge in [0.2, 0.25) is 0 Å². The number of hydrogen-bond donors (Lipinski definition) is 2. The van der Waals surface area contributed by atoms with Gasteiger partial charge < -0.3 is 5.73 Å². The van der Waals surface area contributed by atoms with E-state index in [0.29, 0.717) is 4.31 Å². The molecule has 0 spiro atoms. The zero-order valence-corrected chi connectivity index (χ0v) is 8.02. The Morgan fingerprint density at radius 1 is 1.54 bits per heavy atom. The highest BCUT2D eigenvalue weighted by Crippen LogP contribution is 2.02. The van der Waals surface area contributed by atoms with Gasteiger partial charge in [-0.05, 0) is 0 Å². The van der Waals surface area contributed by atoms with Crippen LogP contribution in [0.2, 0.25) is 0 Å². The van der Waals surface area contributed by atoms with E-state index in [4.69, 9.17) is 5.73 Å². The van der Waals surface area contributed by atoms with Crippen LogP contribution in [0.1, 0.15) is 0 Å². The zero-order valence-electron chi connectivity index (χ0n) is 7.20. The van der Waals surface area contributed by atoms with Crippen LogP contribution in [0.25, 0.3) is 0 Å². The minimum Gasteiger partial charge on any atom is -0.329 e. The SMILES string of the molecule is CNS(=O)(=O)N(CCN)CC(F)F. The van der Waals surface area contributed by atoms with Crippen LogP contribution in [0.5, 0.6) is 0 Å². The number of halogens is 2. The smallest absolute Gasteiger partial charge is 0.279 e. The first-order valence-corrected chi connectivity index (χ1v) is 5.05. The third-order valence-electron chi connectivity index (χ3n) is 1.32. The largest absolute Gasteiger partial charge is 0.329 e. The van der Waals surface area contributed by atoms with Gasteiger partial charge in [-0.15, -0.1) is 0 Å². The third-order valence-corrected chi connectivity index (χ3v) is 2.85. The fourth-order valence-electron chi connectivity index (χ4n) is 0.737. The lowest BCUT2D eigenvalue weighted by Gasteiger charge is -2.19. The first-order valence-electron chi connectivity index (χ1n) is 3.61. The average molecular weight is 217 g/mol. The first-order chi connectivity index (χ1) is 5.94. The molecule has 0 saturated heterocycles. The molecule has 0 fully saturated rings. The summed E-state index contributed by atoms with van der Waals surface area (Å²) in [6, 6.07) is 0. The molecule has 0 rings (SSSR count). The molecule has 0 unspecified atom stereocenters. The highest BCUT2D eigenvalue weighted by atomic mass is 32.2. The maximum Gasteiger partial charge on any atom is 0.279 e. The Bertz CT molecular complexity index is 232. The zero-order chi connectivity index (χ0) is 10.5. The quantitative estimate of drug-likeness (QED) is 0.597. The Labute approximate surface area is 76.1 Å². The molecule has 0 radical (unpaired) electrons. The van der Waals surface area contributed by atoms with Crippen LogP contribution in [0.4, 0.5) is 8.78 Å². The van der Waals surface area contributed by atoms with Gasteiger partial charge in [-0.1, -0.05) is 0 Å². The third kappa shape index (κ3) is 4.46. The van der Waals surface area contributed by atoms with Crippen molar-refractivity contribution in [2.24, 2.45) is 5.73 Å². The van der Waals surface area contributed by atoms with Crippen molar-refractivity contribution in [3.8, 4) is 0 Å². The van der Waals surface area contributed by atoms with Crippen LogP contribution in [0.3, 0.4) is 0 Å². The highest BCUT2D eigenvalue weighted by molar-refractivity contribution is 7.87. The molecular formula is C5H13F2N3O2S. The molecule has 0 aromatic rings. The average Bonchev–Trinajstić information content (AvgIpc) is 2.03. The fourth-order valence-corrected chi connectivity index (χ4v) is 1.65. The van der Waals surface area contributed by atoms with Crippen molar-refractivity contribution in [3.63, 3.8) is 0 Å². The standard InChI is InChI=1S/C5H13F2N3O2S/c1-9-13(11,12)10(3-2-8)4-5(6)7/h5,9H,2-4,8H2,1H3. The molecular weight excluding hydrogens is 204 g/mol. The van der Waals surface area contributed by atoms with E-state index in [1.165, 1.54) is 0 Å². The predicted molar refractivity (Wildman–Crippen MR) is 44.6 cm³/mol. The van der Waals surface area contributed by atoms with E-state index < -0.39 is 23.2 Å². The molecule has 0 saturated carbocycles. The molecule has 0 aliphatic rings. The van der Waals surface area contributed by atoms with Crippen LogP contribution in [-0.4, -0.2) is 45.8 Å². The van der Waals surface area contributed by atoms with Crippen LogP contribution in [0, 0.1) is 0 Å². The van der Waals surface area contributed by atoms with Crippen molar-refractivity contribution in [1.82, 2.24) is 9.03 Å². The van der Waals surface area contributed by atoms with Crippen LogP contribution >= 0.6 is 0 Å². The molecule has 0 heterocycles. The molecule has 0 aliphatic carbocycles. The Morgan fingerprint density at radius 2 is 2.08 bits per heavy atom. The van der Waals surface area contributed by atoms with Crippen molar-refractivity contribution in [3.05, 3.63) is 0 Å². The van der Waals surface area contributed by atoms with Gasteiger partial charge in [0.1, 0.15) is 0 Å². The topological polar surface area (TPSA) is 75.4 Å². The summed E-state index contributed by atoms with van der Waals surface area (Å²) in [5, 5.41) is 0. The number of nitrogens with two attached hydrogens (primary N) is 1. The van der Waals surface area contributed by atoms with Gasteiger partial charge in [0, 0.05) is 20.1 Å². The second kappa shape index (κ2) is 5.43. The molecule has 3 N–H and O–H groups in total. The number of alkyl halides is 2. The van der Waals surface area contributed by atoms with Crippen molar-refractivity contribution in [1.29, 1.82) is 0 Å². The van der Waals surface area contributed by atoms with E-state index in [1.54, 1.807) is 0 Å². The van der Waals surface area contributed by atoms with Gasteiger partial charge in [-0.2, -0.15) is 12.7 Å². The van der Waals surface area contributed by atoms with Crippen LogP contribution < -0.4 is 10.5 Å². The Hall–Kier alpha value is -0.310.